The first-order valence-corrected chi connectivity index (χ1v) is 3.51. The Kier molecular flexibility index (Phi) is 4.41. The molecule has 1 heteroatoms. The van der Waals surface area contributed by atoms with Gasteiger partial charge in [-0.25, -0.2) is 0 Å². The van der Waals surface area contributed by atoms with Crippen LogP contribution in [-0.2, 0) is 0 Å². The third-order valence-electron chi connectivity index (χ3n) is 1.71. The van der Waals surface area contributed by atoms with Crippen molar-refractivity contribution < 1.29 is 5.11 Å². The van der Waals surface area contributed by atoms with Crippen molar-refractivity contribution in [2.24, 2.45) is 5.92 Å². The molecule has 0 aliphatic carbocycles. The zero-order valence-corrected chi connectivity index (χ0v) is 6.30. The van der Waals surface area contributed by atoms with Crippen molar-refractivity contribution in [3.8, 4) is 0 Å². The zero-order chi connectivity index (χ0) is 7.28. The maximum absolute atomic E-state index is 9.25. The van der Waals surface area contributed by atoms with E-state index in [0.717, 1.165) is 12.8 Å². The summed E-state index contributed by atoms with van der Waals surface area (Å²) in [6, 6.07) is 0. The summed E-state index contributed by atoms with van der Waals surface area (Å²) in [7, 11) is 0. The Morgan fingerprint density at radius 3 is 2.56 bits per heavy atom. The highest BCUT2D eigenvalue weighted by atomic mass is 16.3. The Labute approximate surface area is 57.4 Å². The highest BCUT2D eigenvalue weighted by Gasteiger charge is 2.08. The first-order chi connectivity index (χ1) is 4.22. The molecule has 0 saturated carbocycles. The first-order valence-electron chi connectivity index (χ1n) is 3.51. The summed E-state index contributed by atoms with van der Waals surface area (Å²) >= 11 is 0. The van der Waals surface area contributed by atoms with Crippen molar-refractivity contribution in [3.05, 3.63) is 12.7 Å². The van der Waals surface area contributed by atoms with Crippen molar-refractivity contribution in [1.29, 1.82) is 0 Å². The van der Waals surface area contributed by atoms with Gasteiger partial charge in [0, 0.05) is 0 Å². The van der Waals surface area contributed by atoms with E-state index in [1.807, 2.05) is 6.92 Å². The average molecular weight is 128 g/mol. The minimum Gasteiger partial charge on any atom is -0.393 e. The normalized spacial score (nSPS) is 16.8. The van der Waals surface area contributed by atoms with Crippen LogP contribution in [0.3, 0.4) is 0 Å². The second-order valence-corrected chi connectivity index (χ2v) is 2.48. The predicted octanol–water partition coefficient (Wildman–Crippen LogP) is 1.97. The zero-order valence-electron chi connectivity index (χ0n) is 6.30. The molecule has 0 heterocycles. The molecule has 0 rings (SSSR count). The lowest BCUT2D eigenvalue weighted by Crippen LogP contribution is -2.15. The van der Waals surface area contributed by atoms with E-state index in [2.05, 4.69) is 13.5 Å². The molecule has 0 aliphatic rings. The monoisotopic (exact) mass is 128 g/mol. The second kappa shape index (κ2) is 4.57. The van der Waals surface area contributed by atoms with Crippen molar-refractivity contribution in [1.82, 2.24) is 0 Å². The van der Waals surface area contributed by atoms with Gasteiger partial charge in [-0.1, -0.05) is 26.3 Å². The van der Waals surface area contributed by atoms with Gasteiger partial charge >= 0.3 is 0 Å². The largest absolute Gasteiger partial charge is 0.393 e. The quantitative estimate of drug-likeness (QED) is 0.574. The third kappa shape index (κ3) is 3.31. The van der Waals surface area contributed by atoms with E-state index < -0.39 is 0 Å². The molecule has 0 fully saturated rings. The fourth-order valence-corrected chi connectivity index (χ4v) is 0.675. The smallest absolute Gasteiger partial charge is 0.0599 e. The molecule has 2 atom stereocenters. The minimum absolute atomic E-state index is 0.188. The molecule has 9 heavy (non-hydrogen) atoms. The van der Waals surface area contributed by atoms with Crippen LogP contribution in [0.4, 0.5) is 0 Å². The summed E-state index contributed by atoms with van der Waals surface area (Å²) < 4.78 is 0. The van der Waals surface area contributed by atoms with Crippen LogP contribution in [0.1, 0.15) is 26.7 Å². The minimum atomic E-state index is -0.188. The predicted molar refractivity (Wildman–Crippen MR) is 40.3 cm³/mol. The summed E-state index contributed by atoms with van der Waals surface area (Å²) in [4.78, 5) is 0. The SMILES string of the molecule is C=CCC(O)[C@@H](C)CC. The van der Waals surface area contributed by atoms with Crippen LogP contribution in [0, 0.1) is 5.92 Å². The number of rotatable bonds is 4. The van der Waals surface area contributed by atoms with E-state index in [0.29, 0.717) is 5.92 Å². The maximum Gasteiger partial charge on any atom is 0.0599 e. The van der Waals surface area contributed by atoms with Crippen molar-refractivity contribution >= 4 is 0 Å². The molecule has 0 aliphatic heterocycles. The molecule has 0 saturated heterocycles. The molecule has 1 unspecified atom stereocenters. The first kappa shape index (κ1) is 8.70. The molecule has 1 nitrogen and oxygen atoms in total. The Balaban J connectivity index is 3.44. The topological polar surface area (TPSA) is 20.2 Å². The molecule has 0 aromatic rings. The van der Waals surface area contributed by atoms with Gasteiger partial charge in [-0.15, -0.1) is 6.58 Å². The van der Waals surface area contributed by atoms with Gasteiger partial charge in [-0.3, -0.25) is 0 Å². The molecule has 54 valence electrons. The number of aliphatic hydroxyl groups excluding tert-OH is 1. The fraction of sp³-hybridized carbons (Fsp3) is 0.750. The van der Waals surface area contributed by atoms with Gasteiger partial charge in [0.05, 0.1) is 6.10 Å². The number of aliphatic hydroxyl groups is 1. The van der Waals surface area contributed by atoms with Gasteiger partial charge < -0.3 is 5.11 Å². The average Bonchev–Trinajstić information content (AvgIpc) is 1.87. The van der Waals surface area contributed by atoms with Crippen LogP contribution in [0.5, 0.6) is 0 Å². The van der Waals surface area contributed by atoms with E-state index >= 15 is 0 Å². The Bertz CT molecular complexity index is 78.6. The highest BCUT2D eigenvalue weighted by Crippen LogP contribution is 2.10. The number of hydrogen-bond donors (Lipinski definition) is 1. The van der Waals surface area contributed by atoms with Crippen molar-refractivity contribution in [3.63, 3.8) is 0 Å². The highest BCUT2D eigenvalue weighted by molar-refractivity contribution is 4.74. The molecule has 0 aromatic heterocycles. The van der Waals surface area contributed by atoms with Crippen LogP contribution < -0.4 is 0 Å². The van der Waals surface area contributed by atoms with Crippen LogP contribution in [-0.4, -0.2) is 11.2 Å². The number of hydrogen-bond acceptors (Lipinski definition) is 1. The van der Waals surface area contributed by atoms with Crippen LogP contribution in [0.15, 0.2) is 12.7 Å². The summed E-state index contributed by atoms with van der Waals surface area (Å²) in [5, 5.41) is 9.25. The molecule has 0 aromatic carbocycles. The van der Waals surface area contributed by atoms with Crippen LogP contribution in [0.2, 0.25) is 0 Å². The summed E-state index contributed by atoms with van der Waals surface area (Å²) in [6.45, 7) is 7.69. The Hall–Kier alpha value is -0.300. The maximum atomic E-state index is 9.25. The summed E-state index contributed by atoms with van der Waals surface area (Å²) in [5.41, 5.74) is 0. The standard InChI is InChI=1S/C8H16O/c1-4-6-8(9)7(3)5-2/h4,7-9H,1,5-6H2,2-3H3/t7-,8?/m0/s1. The molecule has 0 radical (unpaired) electrons. The second-order valence-electron chi connectivity index (χ2n) is 2.48. The van der Waals surface area contributed by atoms with Crippen molar-refractivity contribution in [2.45, 2.75) is 32.8 Å². The molecule has 0 bridgehead atoms. The Morgan fingerprint density at radius 2 is 2.22 bits per heavy atom. The van der Waals surface area contributed by atoms with E-state index in [-0.39, 0.29) is 6.10 Å². The lowest BCUT2D eigenvalue weighted by atomic mass is 10.00. The van der Waals surface area contributed by atoms with Gasteiger partial charge in [0.15, 0.2) is 0 Å². The molecule has 0 spiro atoms. The molecular formula is C8H16O. The van der Waals surface area contributed by atoms with E-state index in [1.165, 1.54) is 0 Å². The van der Waals surface area contributed by atoms with E-state index in [4.69, 9.17) is 0 Å². The van der Waals surface area contributed by atoms with Gasteiger partial charge in [0.25, 0.3) is 0 Å². The van der Waals surface area contributed by atoms with Crippen molar-refractivity contribution in [2.75, 3.05) is 0 Å². The van der Waals surface area contributed by atoms with Gasteiger partial charge in [0.1, 0.15) is 0 Å². The van der Waals surface area contributed by atoms with Gasteiger partial charge in [0.2, 0.25) is 0 Å². The van der Waals surface area contributed by atoms with Crippen LogP contribution >= 0.6 is 0 Å². The summed E-state index contributed by atoms with van der Waals surface area (Å²) in [5.74, 6) is 0.406. The van der Waals surface area contributed by atoms with Gasteiger partial charge in [-0.05, 0) is 12.3 Å². The molecular weight excluding hydrogens is 112 g/mol. The Morgan fingerprint density at radius 1 is 1.67 bits per heavy atom. The molecule has 1 N–H and O–H groups in total. The molecule has 0 amide bonds. The lowest BCUT2D eigenvalue weighted by molar-refractivity contribution is 0.117. The van der Waals surface area contributed by atoms with Gasteiger partial charge in [-0.2, -0.15) is 0 Å². The van der Waals surface area contributed by atoms with E-state index in [9.17, 15) is 5.11 Å². The van der Waals surface area contributed by atoms with E-state index in [1.54, 1.807) is 6.08 Å². The third-order valence-corrected chi connectivity index (χ3v) is 1.71. The fourth-order valence-electron chi connectivity index (χ4n) is 0.675. The lowest BCUT2D eigenvalue weighted by Gasteiger charge is -2.14. The van der Waals surface area contributed by atoms with Crippen LogP contribution in [0.25, 0.3) is 0 Å². The summed E-state index contributed by atoms with van der Waals surface area (Å²) in [6.07, 6.45) is 3.33.